The molecule has 2 rings (SSSR count). The number of hydrogen-bond donors (Lipinski definition) is 9. The van der Waals surface area contributed by atoms with Gasteiger partial charge >= 0.3 is 5.63 Å². The summed E-state index contributed by atoms with van der Waals surface area (Å²) in [5, 5.41) is 27.7. The summed E-state index contributed by atoms with van der Waals surface area (Å²) in [4.78, 5) is 61.0. The zero-order valence-corrected chi connectivity index (χ0v) is 25.8. The maximum atomic E-state index is 12.8. The van der Waals surface area contributed by atoms with Crippen LogP contribution in [0.1, 0.15) is 55.3 Å². The van der Waals surface area contributed by atoms with Gasteiger partial charge < -0.3 is 52.9 Å². The van der Waals surface area contributed by atoms with Gasteiger partial charge in [-0.05, 0) is 96.0 Å². The Kier molecular flexibility index (Phi) is 17.8. The van der Waals surface area contributed by atoms with Crippen molar-refractivity contribution in [3.8, 4) is 5.75 Å². The predicted molar refractivity (Wildman–Crippen MR) is 171 cm³/mol. The summed E-state index contributed by atoms with van der Waals surface area (Å²) in [5.74, 6) is -2.37. The van der Waals surface area contributed by atoms with Crippen LogP contribution < -0.4 is 49.0 Å². The van der Waals surface area contributed by atoms with Gasteiger partial charge in [-0.3, -0.25) is 19.2 Å². The van der Waals surface area contributed by atoms with Gasteiger partial charge in [-0.2, -0.15) is 0 Å². The normalized spacial score (nSPS) is 11.7. The number of nitrogens with two attached hydrogens (primary N) is 2. The Morgan fingerprint density at radius 3 is 2.13 bits per heavy atom. The quantitative estimate of drug-likeness (QED) is 0.0490. The maximum absolute atomic E-state index is 12.8. The minimum absolute atomic E-state index is 0.0000382. The number of benzene rings is 1. The van der Waals surface area contributed by atoms with Crippen LogP contribution in [0.4, 0.5) is 0 Å². The number of phenolic OH excluding ortho intramolecular Hbond substituents is 1. The first-order valence-electron chi connectivity index (χ1n) is 15.4. The Morgan fingerprint density at radius 1 is 0.800 bits per heavy atom. The average molecular weight is 633 g/mol. The molecule has 0 aliphatic heterocycles. The van der Waals surface area contributed by atoms with E-state index >= 15 is 0 Å². The van der Waals surface area contributed by atoms with Gasteiger partial charge in [0.25, 0.3) is 5.91 Å². The number of primary amides is 1. The second-order valence-corrected chi connectivity index (χ2v) is 10.6. The molecule has 15 heteroatoms. The largest absolute Gasteiger partial charge is 0.508 e. The fourth-order valence-electron chi connectivity index (χ4n) is 4.30. The molecule has 0 fully saturated rings. The fourth-order valence-corrected chi connectivity index (χ4v) is 4.30. The summed E-state index contributed by atoms with van der Waals surface area (Å²) in [6.07, 6.45) is 4.75. The van der Waals surface area contributed by atoms with Crippen molar-refractivity contribution in [3.63, 3.8) is 0 Å². The smallest absolute Gasteiger partial charge is 0.349 e. The lowest BCUT2D eigenvalue weighted by Gasteiger charge is -2.17. The summed E-state index contributed by atoms with van der Waals surface area (Å²) in [6, 6.07) is 4.12. The first-order chi connectivity index (χ1) is 21.7. The summed E-state index contributed by atoms with van der Waals surface area (Å²) < 4.78 is 5.10. The Morgan fingerprint density at radius 2 is 1.42 bits per heavy atom. The molecule has 11 N–H and O–H groups in total. The molecule has 1 atom stereocenters. The molecular formula is C30H48N8O7. The summed E-state index contributed by atoms with van der Waals surface area (Å²) in [7, 11) is 0. The zero-order valence-electron chi connectivity index (χ0n) is 25.8. The highest BCUT2D eigenvalue weighted by Crippen LogP contribution is 2.19. The van der Waals surface area contributed by atoms with Crippen molar-refractivity contribution in [1.29, 1.82) is 0 Å². The van der Waals surface area contributed by atoms with Crippen LogP contribution in [0.15, 0.2) is 33.5 Å². The number of amides is 4. The van der Waals surface area contributed by atoms with Gasteiger partial charge in [-0.1, -0.05) is 0 Å². The van der Waals surface area contributed by atoms with Gasteiger partial charge in [0.1, 0.15) is 22.9 Å². The van der Waals surface area contributed by atoms with Crippen LogP contribution in [0.2, 0.25) is 0 Å². The second-order valence-electron chi connectivity index (χ2n) is 10.6. The maximum Gasteiger partial charge on any atom is 0.349 e. The predicted octanol–water partition coefficient (Wildman–Crippen LogP) is -1.23. The van der Waals surface area contributed by atoms with Gasteiger partial charge in [0, 0.05) is 24.5 Å². The molecular weight excluding hydrogens is 584 g/mol. The highest BCUT2D eigenvalue weighted by Gasteiger charge is 2.25. The third kappa shape index (κ3) is 15.5. The van der Waals surface area contributed by atoms with E-state index in [0.717, 1.165) is 64.8 Å². The number of carbonyl (C=O) groups is 4. The second kappa shape index (κ2) is 21.6. The Hall–Kier alpha value is -4.05. The van der Waals surface area contributed by atoms with Crippen molar-refractivity contribution in [2.45, 2.75) is 51.0 Å². The van der Waals surface area contributed by atoms with Crippen molar-refractivity contribution in [1.82, 2.24) is 31.9 Å². The summed E-state index contributed by atoms with van der Waals surface area (Å²) in [5.41, 5.74) is 9.50. The van der Waals surface area contributed by atoms with Crippen LogP contribution in [-0.4, -0.2) is 93.7 Å². The van der Waals surface area contributed by atoms with Crippen molar-refractivity contribution in [3.05, 3.63) is 40.2 Å². The SMILES string of the molecule is NCCCCNCC(=O)NCCCNCCCNCCCCNC(=O)[C@H](CC(N)=O)NC(=O)c1cc2ccc(O)cc2oc1=O. The Balaban J connectivity index is 1.55. The van der Waals surface area contributed by atoms with Crippen LogP contribution >= 0.6 is 0 Å². The molecule has 0 unspecified atom stereocenters. The molecule has 1 heterocycles. The first kappa shape index (κ1) is 37.1. The summed E-state index contributed by atoms with van der Waals surface area (Å²) in [6.45, 7) is 6.03. The van der Waals surface area contributed by atoms with E-state index in [2.05, 4.69) is 31.9 Å². The molecule has 0 spiro atoms. The van der Waals surface area contributed by atoms with Crippen molar-refractivity contribution < 1.29 is 28.7 Å². The highest BCUT2D eigenvalue weighted by atomic mass is 16.4. The van der Waals surface area contributed by atoms with E-state index in [1.807, 2.05) is 0 Å². The number of hydrogen-bond acceptors (Lipinski definition) is 11. The van der Waals surface area contributed by atoms with Crippen LogP contribution in [0, 0.1) is 0 Å². The number of aromatic hydroxyl groups is 1. The monoisotopic (exact) mass is 632 g/mol. The number of fused-ring (bicyclic) bond motifs is 1. The molecule has 1 aromatic carbocycles. The highest BCUT2D eigenvalue weighted by molar-refractivity contribution is 6.00. The van der Waals surface area contributed by atoms with Crippen LogP contribution in [0.5, 0.6) is 5.75 Å². The minimum atomic E-state index is -1.26. The van der Waals surface area contributed by atoms with Crippen LogP contribution in [0.25, 0.3) is 11.0 Å². The zero-order chi connectivity index (χ0) is 32.9. The van der Waals surface area contributed by atoms with Crippen LogP contribution in [0.3, 0.4) is 0 Å². The van der Waals surface area contributed by atoms with E-state index < -0.39 is 35.8 Å². The standard InChI is InChI=1S/C30H48N8O7/c31-9-1-2-11-35-20-27(41)36-16-6-14-34-13-5-12-33-10-3-4-15-37-29(43)24(19-26(32)40)38-28(42)23-17-21-7-8-22(39)18-25(21)45-30(23)44/h7-8,17-18,24,33-35,39H,1-6,9-16,19-20,31H2,(H2,32,40)(H,36,41)(H,37,43)(H,38,42)/t24-/m0/s1. The van der Waals surface area contributed by atoms with E-state index in [9.17, 15) is 29.1 Å². The van der Waals surface area contributed by atoms with E-state index in [1.165, 1.54) is 24.3 Å². The molecule has 15 nitrogen and oxygen atoms in total. The lowest BCUT2D eigenvalue weighted by Crippen LogP contribution is -2.49. The average Bonchev–Trinajstić information content (AvgIpc) is 3.00. The Bertz CT molecular complexity index is 1290. The molecule has 0 saturated carbocycles. The van der Waals surface area contributed by atoms with Gasteiger partial charge in [-0.25, -0.2) is 4.79 Å². The molecule has 45 heavy (non-hydrogen) atoms. The van der Waals surface area contributed by atoms with Crippen molar-refractivity contribution >= 4 is 34.6 Å². The van der Waals surface area contributed by atoms with Gasteiger partial charge in [0.05, 0.1) is 13.0 Å². The number of rotatable bonds is 24. The molecule has 250 valence electrons. The summed E-state index contributed by atoms with van der Waals surface area (Å²) >= 11 is 0. The lowest BCUT2D eigenvalue weighted by molar-refractivity contribution is -0.126. The van der Waals surface area contributed by atoms with Gasteiger partial charge in [0.15, 0.2) is 0 Å². The lowest BCUT2D eigenvalue weighted by atomic mass is 10.1. The van der Waals surface area contributed by atoms with E-state index in [0.29, 0.717) is 38.0 Å². The molecule has 0 saturated heterocycles. The van der Waals surface area contributed by atoms with Gasteiger partial charge in [-0.15, -0.1) is 0 Å². The first-order valence-corrected chi connectivity index (χ1v) is 15.4. The molecule has 0 aliphatic rings. The van der Waals surface area contributed by atoms with Crippen molar-refractivity contribution in [2.24, 2.45) is 11.5 Å². The van der Waals surface area contributed by atoms with Crippen LogP contribution in [-0.2, 0) is 14.4 Å². The van der Waals surface area contributed by atoms with E-state index in [1.54, 1.807) is 0 Å². The molecule has 2 aromatic rings. The van der Waals surface area contributed by atoms with E-state index in [4.69, 9.17) is 15.9 Å². The minimum Gasteiger partial charge on any atom is -0.508 e. The van der Waals surface area contributed by atoms with E-state index in [-0.39, 0.29) is 22.8 Å². The number of unbranched alkanes of at least 4 members (excludes halogenated alkanes) is 2. The molecule has 4 amide bonds. The third-order valence-corrected chi connectivity index (χ3v) is 6.72. The van der Waals surface area contributed by atoms with Crippen molar-refractivity contribution in [2.75, 3.05) is 58.9 Å². The molecule has 1 aromatic heterocycles. The number of nitrogens with one attached hydrogen (secondary N) is 6. The number of carbonyl (C=O) groups excluding carboxylic acids is 4. The third-order valence-electron chi connectivity index (χ3n) is 6.72. The topological polar surface area (TPSA) is 243 Å². The van der Waals surface area contributed by atoms with Gasteiger partial charge in [0.2, 0.25) is 17.7 Å². The number of phenols is 1. The molecule has 0 radical (unpaired) electrons. The molecule has 0 aliphatic carbocycles. The fraction of sp³-hybridized carbons (Fsp3) is 0.567. The Labute approximate surface area is 262 Å². The molecule has 0 bridgehead atoms.